The number of nitrogens with zero attached hydrogens (tertiary/aromatic N) is 6. The number of pyridine rings is 1. The number of nitrogens with one attached hydrogen (secondary N) is 1. The van der Waals surface area contributed by atoms with Gasteiger partial charge in [-0.3, -0.25) is 14.6 Å². The fourth-order valence-corrected chi connectivity index (χ4v) is 4.54. The number of aromatic nitrogens is 5. The molecule has 7 heteroatoms. The summed E-state index contributed by atoms with van der Waals surface area (Å²) < 4.78 is 4.32. The first kappa shape index (κ1) is 16.6. The van der Waals surface area contributed by atoms with E-state index in [1.165, 1.54) is 17.1 Å². The summed E-state index contributed by atoms with van der Waals surface area (Å²) in [5.41, 5.74) is 3.56. The van der Waals surface area contributed by atoms with Crippen LogP contribution in [-0.4, -0.2) is 48.8 Å². The zero-order valence-corrected chi connectivity index (χ0v) is 15.7. The van der Waals surface area contributed by atoms with E-state index in [-0.39, 0.29) is 5.54 Å². The Morgan fingerprint density at radius 1 is 1.07 bits per heavy atom. The van der Waals surface area contributed by atoms with E-state index in [1.807, 2.05) is 42.6 Å². The SMILES string of the molecule is Cn1nccc1-c1cnc2n1CCNC21CCN(Cc2cccnc2)CC1. The lowest BCUT2D eigenvalue weighted by Gasteiger charge is -2.44. The predicted molar refractivity (Wildman–Crippen MR) is 103 cm³/mol. The number of rotatable bonds is 3. The van der Waals surface area contributed by atoms with Gasteiger partial charge in [0.15, 0.2) is 0 Å². The third-order valence-corrected chi connectivity index (χ3v) is 6.00. The standard InChI is InChI=1S/C20H25N7/c1-25-17(4-8-24-25)18-14-22-19-20(23-9-12-27(18)19)5-10-26(11-6-20)15-16-3-2-7-21-13-16/h2-4,7-8,13-14,23H,5-6,9-12,15H2,1H3. The van der Waals surface area contributed by atoms with Crippen LogP contribution in [0.25, 0.3) is 11.4 Å². The maximum atomic E-state index is 4.87. The predicted octanol–water partition coefficient (Wildman–Crippen LogP) is 1.77. The molecule has 140 valence electrons. The molecular formula is C20H25N7. The number of likely N-dealkylation sites (tertiary alicyclic amines) is 1. The first-order chi connectivity index (χ1) is 13.3. The maximum absolute atomic E-state index is 4.87. The van der Waals surface area contributed by atoms with Gasteiger partial charge in [0.2, 0.25) is 0 Å². The molecule has 2 aliphatic rings. The summed E-state index contributed by atoms with van der Waals surface area (Å²) in [6.07, 6.45) is 9.83. The summed E-state index contributed by atoms with van der Waals surface area (Å²) >= 11 is 0. The molecule has 0 radical (unpaired) electrons. The number of imidazole rings is 1. The fourth-order valence-electron chi connectivity index (χ4n) is 4.54. The van der Waals surface area contributed by atoms with Crippen molar-refractivity contribution in [1.29, 1.82) is 0 Å². The van der Waals surface area contributed by atoms with Crippen molar-refractivity contribution in [2.45, 2.75) is 31.5 Å². The van der Waals surface area contributed by atoms with E-state index in [0.29, 0.717) is 0 Å². The Morgan fingerprint density at radius 2 is 1.96 bits per heavy atom. The van der Waals surface area contributed by atoms with Gasteiger partial charge in [-0.15, -0.1) is 0 Å². The van der Waals surface area contributed by atoms with Gasteiger partial charge < -0.3 is 9.88 Å². The third-order valence-electron chi connectivity index (χ3n) is 6.00. The van der Waals surface area contributed by atoms with Crippen LogP contribution in [0.4, 0.5) is 0 Å². The molecule has 5 rings (SSSR count). The number of hydrogen-bond donors (Lipinski definition) is 1. The van der Waals surface area contributed by atoms with Crippen molar-refractivity contribution in [3.05, 3.63) is 54.4 Å². The van der Waals surface area contributed by atoms with E-state index in [4.69, 9.17) is 4.98 Å². The van der Waals surface area contributed by atoms with Crippen molar-refractivity contribution < 1.29 is 0 Å². The van der Waals surface area contributed by atoms with E-state index >= 15 is 0 Å². The molecule has 1 saturated heterocycles. The molecule has 5 heterocycles. The molecule has 1 spiro atoms. The normalized spacial score (nSPS) is 19.3. The summed E-state index contributed by atoms with van der Waals surface area (Å²) in [6, 6.07) is 6.23. The van der Waals surface area contributed by atoms with Crippen molar-refractivity contribution in [2.75, 3.05) is 19.6 Å². The Balaban J connectivity index is 1.37. The van der Waals surface area contributed by atoms with E-state index in [0.717, 1.165) is 51.3 Å². The first-order valence-corrected chi connectivity index (χ1v) is 9.66. The fraction of sp³-hybridized carbons (Fsp3) is 0.450. The van der Waals surface area contributed by atoms with E-state index in [1.54, 1.807) is 0 Å². The van der Waals surface area contributed by atoms with Crippen LogP contribution in [0.15, 0.2) is 43.0 Å². The highest BCUT2D eigenvalue weighted by atomic mass is 15.3. The van der Waals surface area contributed by atoms with Crippen LogP contribution in [0.1, 0.15) is 24.2 Å². The molecule has 3 aromatic heterocycles. The number of hydrogen-bond acceptors (Lipinski definition) is 5. The molecule has 0 bridgehead atoms. The minimum absolute atomic E-state index is 0.0134. The minimum Gasteiger partial charge on any atom is -0.324 e. The van der Waals surface area contributed by atoms with Gasteiger partial charge in [0, 0.05) is 58.4 Å². The van der Waals surface area contributed by atoms with Gasteiger partial charge in [0.25, 0.3) is 0 Å². The maximum Gasteiger partial charge on any atom is 0.129 e. The topological polar surface area (TPSA) is 63.8 Å². The quantitative estimate of drug-likeness (QED) is 0.768. The smallest absolute Gasteiger partial charge is 0.129 e. The molecular weight excluding hydrogens is 338 g/mol. The van der Waals surface area contributed by atoms with Crippen LogP contribution < -0.4 is 5.32 Å². The van der Waals surface area contributed by atoms with E-state index in [9.17, 15) is 0 Å². The van der Waals surface area contributed by atoms with Gasteiger partial charge in [0.1, 0.15) is 5.82 Å². The highest BCUT2D eigenvalue weighted by Gasteiger charge is 2.42. The molecule has 3 aromatic rings. The second-order valence-electron chi connectivity index (χ2n) is 7.61. The molecule has 1 fully saturated rings. The zero-order chi connectivity index (χ0) is 18.3. The van der Waals surface area contributed by atoms with Crippen LogP contribution in [0, 0.1) is 0 Å². The lowest BCUT2D eigenvalue weighted by molar-refractivity contribution is 0.109. The molecule has 0 amide bonds. The second-order valence-corrected chi connectivity index (χ2v) is 7.61. The molecule has 0 atom stereocenters. The summed E-state index contributed by atoms with van der Waals surface area (Å²) in [7, 11) is 1.99. The average molecular weight is 363 g/mol. The number of fused-ring (bicyclic) bond motifs is 2. The molecule has 2 aliphatic heterocycles. The van der Waals surface area contributed by atoms with Crippen molar-refractivity contribution in [1.82, 2.24) is 34.5 Å². The number of aryl methyl sites for hydroxylation is 1. The van der Waals surface area contributed by atoms with Gasteiger partial charge >= 0.3 is 0 Å². The molecule has 27 heavy (non-hydrogen) atoms. The Labute approximate surface area is 159 Å². The molecule has 0 unspecified atom stereocenters. The van der Waals surface area contributed by atoms with Gasteiger partial charge in [-0.1, -0.05) is 6.07 Å². The Bertz CT molecular complexity index is 919. The Morgan fingerprint density at radius 3 is 2.70 bits per heavy atom. The summed E-state index contributed by atoms with van der Waals surface area (Å²) in [5.74, 6) is 1.19. The van der Waals surface area contributed by atoms with Crippen LogP contribution >= 0.6 is 0 Å². The molecule has 7 nitrogen and oxygen atoms in total. The van der Waals surface area contributed by atoms with Crippen molar-refractivity contribution in [2.24, 2.45) is 7.05 Å². The van der Waals surface area contributed by atoms with Crippen molar-refractivity contribution >= 4 is 0 Å². The van der Waals surface area contributed by atoms with Crippen LogP contribution in [-0.2, 0) is 25.7 Å². The highest BCUT2D eigenvalue weighted by molar-refractivity contribution is 5.55. The zero-order valence-electron chi connectivity index (χ0n) is 15.7. The first-order valence-electron chi connectivity index (χ1n) is 9.66. The largest absolute Gasteiger partial charge is 0.324 e. The summed E-state index contributed by atoms with van der Waals surface area (Å²) in [6.45, 7) is 5.04. The van der Waals surface area contributed by atoms with Gasteiger partial charge in [-0.2, -0.15) is 5.10 Å². The Hall–Kier alpha value is -2.51. The average Bonchev–Trinajstić information content (AvgIpc) is 3.31. The van der Waals surface area contributed by atoms with Crippen molar-refractivity contribution in [3.8, 4) is 11.4 Å². The Kier molecular flexibility index (Phi) is 4.06. The van der Waals surface area contributed by atoms with Crippen LogP contribution in [0.3, 0.4) is 0 Å². The third kappa shape index (κ3) is 2.87. The lowest BCUT2D eigenvalue weighted by Crippen LogP contribution is -2.55. The van der Waals surface area contributed by atoms with Gasteiger partial charge in [0.05, 0.1) is 23.1 Å². The monoisotopic (exact) mass is 363 g/mol. The van der Waals surface area contributed by atoms with Gasteiger partial charge in [-0.25, -0.2) is 4.98 Å². The van der Waals surface area contributed by atoms with Crippen LogP contribution in [0.2, 0.25) is 0 Å². The van der Waals surface area contributed by atoms with Gasteiger partial charge in [-0.05, 0) is 30.5 Å². The summed E-state index contributed by atoms with van der Waals surface area (Å²) in [5, 5.41) is 8.13. The number of piperidine rings is 1. The molecule has 0 aliphatic carbocycles. The van der Waals surface area contributed by atoms with Crippen molar-refractivity contribution in [3.63, 3.8) is 0 Å². The lowest BCUT2D eigenvalue weighted by atomic mass is 9.85. The van der Waals surface area contributed by atoms with Crippen LogP contribution in [0.5, 0.6) is 0 Å². The second kappa shape index (κ2) is 6.58. The molecule has 0 aromatic carbocycles. The van der Waals surface area contributed by atoms with E-state index < -0.39 is 0 Å². The minimum atomic E-state index is -0.0134. The molecule has 0 saturated carbocycles. The highest BCUT2D eigenvalue weighted by Crippen LogP contribution is 2.36. The molecule has 1 N–H and O–H groups in total. The summed E-state index contributed by atoms with van der Waals surface area (Å²) in [4.78, 5) is 11.6. The van der Waals surface area contributed by atoms with E-state index in [2.05, 4.69) is 37.0 Å².